The Morgan fingerprint density at radius 2 is 1.90 bits per heavy atom. The Labute approximate surface area is 120 Å². The Hall–Kier alpha value is -1.68. The second-order valence-electron chi connectivity index (χ2n) is 5.62. The third-order valence-corrected chi connectivity index (χ3v) is 4.46. The highest BCUT2D eigenvalue weighted by atomic mass is 15.2. The molecule has 1 N–H and O–H groups in total. The Kier molecular flexibility index (Phi) is 3.83. The first-order valence-electron chi connectivity index (χ1n) is 7.42. The van der Waals surface area contributed by atoms with Gasteiger partial charge in [-0.15, -0.1) is 0 Å². The molecule has 0 saturated carbocycles. The van der Waals surface area contributed by atoms with Crippen molar-refractivity contribution in [2.75, 3.05) is 25.0 Å². The molecule has 3 rings (SSSR count). The highest BCUT2D eigenvalue weighted by Gasteiger charge is 2.23. The zero-order chi connectivity index (χ0) is 13.9. The summed E-state index contributed by atoms with van der Waals surface area (Å²) in [5.74, 6) is 1.78. The van der Waals surface area contributed by atoms with Gasteiger partial charge in [-0.3, -0.25) is 4.98 Å². The quantitative estimate of drug-likeness (QED) is 0.930. The zero-order valence-corrected chi connectivity index (χ0v) is 12.2. The number of piperidine rings is 1. The van der Waals surface area contributed by atoms with E-state index in [1.165, 1.54) is 12.8 Å². The normalized spacial score (nSPS) is 18.4. The van der Waals surface area contributed by atoms with Crippen molar-refractivity contribution in [2.24, 2.45) is 5.92 Å². The topological polar surface area (TPSA) is 41.0 Å². The molecule has 0 spiro atoms. The van der Waals surface area contributed by atoms with Crippen LogP contribution in [0.2, 0.25) is 0 Å². The van der Waals surface area contributed by atoms with Crippen LogP contribution in [0.1, 0.15) is 19.8 Å². The fourth-order valence-electron chi connectivity index (χ4n) is 2.96. The van der Waals surface area contributed by atoms with Gasteiger partial charge < -0.3 is 10.2 Å². The van der Waals surface area contributed by atoms with Crippen molar-refractivity contribution in [3.63, 3.8) is 0 Å². The summed E-state index contributed by atoms with van der Waals surface area (Å²) in [5, 5.41) is 3.37. The van der Waals surface area contributed by atoms with Crippen LogP contribution >= 0.6 is 0 Å². The third kappa shape index (κ3) is 2.61. The molecule has 1 aromatic carbocycles. The molecular formula is C16H22N4. The monoisotopic (exact) mass is 270 g/mol. The van der Waals surface area contributed by atoms with Gasteiger partial charge in [0.2, 0.25) is 0 Å². The van der Waals surface area contributed by atoms with Crippen LogP contribution in [0.5, 0.6) is 0 Å². The summed E-state index contributed by atoms with van der Waals surface area (Å²) >= 11 is 0. The lowest BCUT2D eigenvalue weighted by Crippen LogP contribution is -2.41. The summed E-state index contributed by atoms with van der Waals surface area (Å²) in [6.45, 7) is 4.42. The zero-order valence-electron chi connectivity index (χ0n) is 12.2. The largest absolute Gasteiger partial charge is 0.355 e. The van der Waals surface area contributed by atoms with E-state index in [2.05, 4.69) is 22.1 Å². The molecule has 2 heterocycles. The molecule has 106 valence electrons. The molecule has 4 heteroatoms. The van der Waals surface area contributed by atoms with E-state index in [1.807, 2.05) is 37.5 Å². The first-order valence-corrected chi connectivity index (χ1v) is 7.42. The number of hydrogen-bond donors (Lipinski definition) is 1. The van der Waals surface area contributed by atoms with E-state index in [1.54, 1.807) is 0 Å². The molecule has 1 aliphatic rings. The van der Waals surface area contributed by atoms with Crippen LogP contribution in [0.4, 0.5) is 5.82 Å². The maximum atomic E-state index is 4.74. The Bertz CT molecular complexity index is 575. The van der Waals surface area contributed by atoms with E-state index in [0.717, 1.165) is 35.9 Å². The molecule has 2 aromatic rings. The predicted molar refractivity (Wildman–Crippen MR) is 83.0 cm³/mol. The maximum absolute atomic E-state index is 4.74. The highest BCUT2D eigenvalue weighted by molar-refractivity contribution is 5.75. The van der Waals surface area contributed by atoms with Crippen LogP contribution in [0.3, 0.4) is 0 Å². The summed E-state index contributed by atoms with van der Waals surface area (Å²) in [4.78, 5) is 11.6. The third-order valence-electron chi connectivity index (χ3n) is 4.46. The number of nitrogens with one attached hydrogen (secondary N) is 1. The number of aromatic nitrogens is 2. The van der Waals surface area contributed by atoms with Crippen molar-refractivity contribution >= 4 is 16.9 Å². The molecular weight excluding hydrogens is 248 g/mol. The standard InChI is InChI=1S/C16H22N4/c1-12(17-2)13-7-9-20(10-8-13)16-11-18-14-5-3-4-6-15(14)19-16/h3-6,11-13,17H,7-10H2,1-2H3. The lowest BCUT2D eigenvalue weighted by atomic mass is 9.90. The lowest BCUT2D eigenvalue weighted by Gasteiger charge is -2.35. The van der Waals surface area contributed by atoms with Crippen LogP contribution in [-0.2, 0) is 0 Å². The average Bonchev–Trinajstić information content (AvgIpc) is 2.54. The Morgan fingerprint density at radius 1 is 1.20 bits per heavy atom. The van der Waals surface area contributed by atoms with E-state index in [9.17, 15) is 0 Å². The van der Waals surface area contributed by atoms with Crippen LogP contribution in [0.15, 0.2) is 30.5 Å². The molecule has 0 aliphatic carbocycles. The fraction of sp³-hybridized carbons (Fsp3) is 0.500. The minimum atomic E-state index is 0.597. The predicted octanol–water partition coefficient (Wildman–Crippen LogP) is 2.45. The van der Waals surface area contributed by atoms with Gasteiger partial charge in [0.1, 0.15) is 5.82 Å². The van der Waals surface area contributed by atoms with Crippen molar-refractivity contribution in [2.45, 2.75) is 25.8 Å². The van der Waals surface area contributed by atoms with E-state index in [-0.39, 0.29) is 0 Å². The second-order valence-corrected chi connectivity index (χ2v) is 5.62. The number of rotatable bonds is 3. The highest BCUT2D eigenvalue weighted by Crippen LogP contribution is 2.24. The maximum Gasteiger partial charge on any atom is 0.147 e. The van der Waals surface area contributed by atoms with E-state index < -0.39 is 0 Å². The minimum absolute atomic E-state index is 0.597. The first kappa shape index (κ1) is 13.3. The number of benzene rings is 1. The summed E-state index contributed by atoms with van der Waals surface area (Å²) in [5.41, 5.74) is 1.95. The average molecular weight is 270 g/mol. The molecule has 1 atom stereocenters. The van der Waals surface area contributed by atoms with Gasteiger partial charge in [0.25, 0.3) is 0 Å². The molecule has 1 saturated heterocycles. The van der Waals surface area contributed by atoms with E-state index in [0.29, 0.717) is 6.04 Å². The van der Waals surface area contributed by atoms with Crippen molar-refractivity contribution < 1.29 is 0 Å². The van der Waals surface area contributed by atoms with Crippen molar-refractivity contribution in [3.05, 3.63) is 30.5 Å². The Morgan fingerprint density at radius 3 is 2.60 bits per heavy atom. The smallest absolute Gasteiger partial charge is 0.147 e. The van der Waals surface area contributed by atoms with E-state index in [4.69, 9.17) is 4.98 Å². The number of anilines is 1. The van der Waals surface area contributed by atoms with E-state index >= 15 is 0 Å². The first-order chi connectivity index (χ1) is 9.78. The van der Waals surface area contributed by atoms with Gasteiger partial charge in [-0.2, -0.15) is 0 Å². The number of nitrogens with zero attached hydrogens (tertiary/aromatic N) is 3. The Balaban J connectivity index is 1.73. The summed E-state index contributed by atoms with van der Waals surface area (Å²) < 4.78 is 0. The second kappa shape index (κ2) is 5.75. The number of fused-ring (bicyclic) bond motifs is 1. The molecule has 4 nitrogen and oxygen atoms in total. The van der Waals surface area contributed by atoms with Gasteiger partial charge in [0, 0.05) is 19.1 Å². The van der Waals surface area contributed by atoms with Gasteiger partial charge in [0.15, 0.2) is 0 Å². The lowest BCUT2D eigenvalue weighted by molar-refractivity contribution is 0.323. The van der Waals surface area contributed by atoms with Gasteiger partial charge in [-0.25, -0.2) is 4.98 Å². The van der Waals surface area contributed by atoms with Gasteiger partial charge >= 0.3 is 0 Å². The summed E-state index contributed by atoms with van der Waals surface area (Å²) in [6, 6.07) is 8.65. The number of para-hydroxylation sites is 2. The van der Waals surface area contributed by atoms with Crippen LogP contribution < -0.4 is 10.2 Å². The van der Waals surface area contributed by atoms with Crippen LogP contribution in [0.25, 0.3) is 11.0 Å². The molecule has 1 unspecified atom stereocenters. The molecule has 0 bridgehead atoms. The summed E-state index contributed by atoms with van der Waals surface area (Å²) in [7, 11) is 2.05. The molecule has 1 fully saturated rings. The van der Waals surface area contributed by atoms with Gasteiger partial charge in [-0.1, -0.05) is 12.1 Å². The summed E-state index contributed by atoms with van der Waals surface area (Å²) in [6.07, 6.45) is 4.34. The molecule has 0 radical (unpaired) electrons. The minimum Gasteiger partial charge on any atom is -0.355 e. The van der Waals surface area contributed by atoms with Gasteiger partial charge in [-0.05, 0) is 44.9 Å². The van der Waals surface area contributed by atoms with Gasteiger partial charge in [0.05, 0.1) is 17.2 Å². The SMILES string of the molecule is CNC(C)C1CCN(c2cnc3ccccc3n2)CC1. The molecule has 0 amide bonds. The van der Waals surface area contributed by atoms with Crippen molar-refractivity contribution in [3.8, 4) is 0 Å². The molecule has 1 aromatic heterocycles. The van der Waals surface area contributed by atoms with Crippen molar-refractivity contribution in [1.29, 1.82) is 0 Å². The fourth-order valence-corrected chi connectivity index (χ4v) is 2.96. The molecule has 1 aliphatic heterocycles. The van der Waals surface area contributed by atoms with Crippen LogP contribution in [-0.4, -0.2) is 36.1 Å². The molecule has 20 heavy (non-hydrogen) atoms. The van der Waals surface area contributed by atoms with Crippen LogP contribution in [0, 0.1) is 5.92 Å². The number of hydrogen-bond acceptors (Lipinski definition) is 4. The van der Waals surface area contributed by atoms with Crippen molar-refractivity contribution in [1.82, 2.24) is 15.3 Å².